The molecule has 1 aromatic heterocycles. The molecule has 0 amide bonds. The average Bonchev–Trinajstić information content (AvgIpc) is 3.30. The van der Waals surface area contributed by atoms with Crippen LogP contribution in [0.25, 0.3) is 17.4 Å². The number of benzene rings is 2. The lowest BCUT2D eigenvalue weighted by atomic mass is 10.1. The number of nitro benzene ring substituents is 1. The largest absolute Gasteiger partial charge is 0.457 e. The lowest BCUT2D eigenvalue weighted by molar-refractivity contribution is -0.384. The smallest absolute Gasteiger partial charge is 0.363 e. The van der Waals surface area contributed by atoms with E-state index in [0.29, 0.717) is 22.6 Å². The second kappa shape index (κ2) is 6.92. The molecule has 7 nitrogen and oxygen atoms in total. The summed E-state index contributed by atoms with van der Waals surface area (Å²) in [6.45, 7) is 0. The van der Waals surface area contributed by atoms with Crippen LogP contribution in [0.3, 0.4) is 0 Å². The van der Waals surface area contributed by atoms with Crippen molar-refractivity contribution in [2.45, 2.75) is 0 Å². The number of rotatable bonds is 4. The number of ether oxygens (including phenoxy) is 1. The standard InChI is InChI=1S/C20H11FN2O5/c21-14-6-4-12(5-7-14)19-22-17(20(24)28-19)11-16-8-9-18(27-16)13-2-1-3-15(10-13)23(25)26/h1-11H/b17-11+. The average molecular weight is 378 g/mol. The van der Waals surface area contributed by atoms with Crippen molar-refractivity contribution >= 4 is 23.6 Å². The van der Waals surface area contributed by atoms with Crippen LogP contribution < -0.4 is 0 Å². The van der Waals surface area contributed by atoms with Crippen LogP contribution in [-0.2, 0) is 9.53 Å². The molecule has 1 aliphatic rings. The normalized spacial score (nSPS) is 14.8. The number of hydrogen-bond acceptors (Lipinski definition) is 6. The van der Waals surface area contributed by atoms with E-state index in [9.17, 15) is 19.3 Å². The molecule has 0 saturated carbocycles. The fraction of sp³-hybridized carbons (Fsp3) is 0. The van der Waals surface area contributed by atoms with E-state index in [-0.39, 0.29) is 17.3 Å². The first kappa shape index (κ1) is 17.3. The van der Waals surface area contributed by atoms with Crippen molar-refractivity contribution < 1.29 is 23.3 Å². The van der Waals surface area contributed by atoms with Crippen molar-refractivity contribution in [3.8, 4) is 11.3 Å². The number of nitrogens with zero attached hydrogens (tertiary/aromatic N) is 2. The Balaban J connectivity index is 1.61. The van der Waals surface area contributed by atoms with Crippen molar-refractivity contribution in [3.63, 3.8) is 0 Å². The molecule has 0 fully saturated rings. The third kappa shape index (κ3) is 3.43. The summed E-state index contributed by atoms with van der Waals surface area (Å²) in [5.74, 6) is -0.259. The van der Waals surface area contributed by atoms with Gasteiger partial charge in [-0.15, -0.1) is 0 Å². The van der Waals surface area contributed by atoms with E-state index in [4.69, 9.17) is 9.15 Å². The van der Waals surface area contributed by atoms with Crippen LogP contribution >= 0.6 is 0 Å². The van der Waals surface area contributed by atoms with Crippen molar-refractivity contribution in [2.24, 2.45) is 4.99 Å². The van der Waals surface area contributed by atoms with E-state index < -0.39 is 16.7 Å². The second-order valence-corrected chi connectivity index (χ2v) is 5.85. The highest BCUT2D eigenvalue weighted by atomic mass is 19.1. The van der Waals surface area contributed by atoms with E-state index in [1.807, 2.05) is 0 Å². The molecule has 3 aromatic rings. The number of carbonyl (C=O) groups excluding carboxylic acids is 1. The van der Waals surface area contributed by atoms with Gasteiger partial charge in [0.2, 0.25) is 5.90 Å². The van der Waals surface area contributed by atoms with Crippen molar-refractivity contribution in [2.75, 3.05) is 0 Å². The Morgan fingerprint density at radius 3 is 2.57 bits per heavy atom. The molecule has 0 atom stereocenters. The van der Waals surface area contributed by atoms with E-state index in [2.05, 4.69) is 4.99 Å². The van der Waals surface area contributed by atoms with E-state index in [1.165, 1.54) is 42.5 Å². The van der Waals surface area contributed by atoms with Crippen LogP contribution in [0.15, 0.2) is 75.8 Å². The molecule has 4 rings (SSSR count). The van der Waals surface area contributed by atoms with Crippen LogP contribution in [0.1, 0.15) is 11.3 Å². The summed E-state index contributed by atoms with van der Waals surface area (Å²) in [6, 6.07) is 14.7. The molecular weight excluding hydrogens is 367 g/mol. The van der Waals surface area contributed by atoms with Crippen LogP contribution in [0.4, 0.5) is 10.1 Å². The first-order valence-electron chi connectivity index (χ1n) is 8.13. The highest BCUT2D eigenvalue weighted by Gasteiger charge is 2.24. The molecule has 1 aliphatic heterocycles. The topological polar surface area (TPSA) is 94.9 Å². The van der Waals surface area contributed by atoms with Gasteiger partial charge in [0, 0.05) is 29.3 Å². The Kier molecular flexibility index (Phi) is 4.29. The Morgan fingerprint density at radius 2 is 1.82 bits per heavy atom. The monoisotopic (exact) mass is 378 g/mol. The molecule has 138 valence electrons. The summed E-state index contributed by atoms with van der Waals surface area (Å²) in [6.07, 6.45) is 1.40. The minimum Gasteiger partial charge on any atom is -0.457 e. The van der Waals surface area contributed by atoms with Crippen molar-refractivity contribution in [1.82, 2.24) is 0 Å². The number of nitro groups is 1. The van der Waals surface area contributed by atoms with Gasteiger partial charge in [0.1, 0.15) is 17.3 Å². The van der Waals surface area contributed by atoms with Crippen LogP contribution in [0.2, 0.25) is 0 Å². The second-order valence-electron chi connectivity index (χ2n) is 5.85. The summed E-state index contributed by atoms with van der Waals surface area (Å²) in [5.41, 5.74) is 0.971. The fourth-order valence-corrected chi connectivity index (χ4v) is 2.62. The fourth-order valence-electron chi connectivity index (χ4n) is 2.62. The summed E-state index contributed by atoms with van der Waals surface area (Å²) in [7, 11) is 0. The van der Waals surface area contributed by atoms with Gasteiger partial charge in [0.25, 0.3) is 5.69 Å². The highest BCUT2D eigenvalue weighted by Crippen LogP contribution is 2.27. The molecule has 0 spiro atoms. The highest BCUT2D eigenvalue weighted by molar-refractivity contribution is 6.12. The van der Waals surface area contributed by atoms with Crippen molar-refractivity contribution in [3.05, 3.63) is 93.6 Å². The van der Waals surface area contributed by atoms with Crippen LogP contribution in [0, 0.1) is 15.9 Å². The van der Waals surface area contributed by atoms with Gasteiger partial charge in [-0.3, -0.25) is 10.1 Å². The number of non-ortho nitro benzene ring substituents is 1. The molecule has 28 heavy (non-hydrogen) atoms. The van der Waals surface area contributed by atoms with Gasteiger partial charge in [0.05, 0.1) is 4.92 Å². The molecule has 0 radical (unpaired) electrons. The van der Waals surface area contributed by atoms with Gasteiger partial charge in [-0.05, 0) is 36.4 Å². The van der Waals surface area contributed by atoms with Gasteiger partial charge < -0.3 is 9.15 Å². The van der Waals surface area contributed by atoms with Gasteiger partial charge in [-0.25, -0.2) is 14.2 Å². The number of hydrogen-bond donors (Lipinski definition) is 0. The molecular formula is C20H11FN2O5. The number of halogens is 1. The summed E-state index contributed by atoms with van der Waals surface area (Å²) in [4.78, 5) is 26.6. The Hall–Kier alpha value is -4.07. The van der Waals surface area contributed by atoms with E-state index in [1.54, 1.807) is 24.3 Å². The number of furan rings is 1. The lowest BCUT2D eigenvalue weighted by Crippen LogP contribution is -2.05. The molecule has 2 aromatic carbocycles. The first-order chi connectivity index (χ1) is 13.5. The summed E-state index contributed by atoms with van der Waals surface area (Å²) < 4.78 is 23.8. The molecule has 0 unspecified atom stereocenters. The number of aliphatic imine (C=N–C) groups is 1. The third-order valence-electron chi connectivity index (χ3n) is 3.96. The van der Waals surface area contributed by atoms with E-state index >= 15 is 0 Å². The molecule has 8 heteroatoms. The minimum absolute atomic E-state index is 0.0271. The first-order valence-corrected chi connectivity index (χ1v) is 8.13. The predicted molar refractivity (Wildman–Crippen MR) is 97.8 cm³/mol. The molecule has 2 heterocycles. The zero-order valence-corrected chi connectivity index (χ0v) is 14.2. The van der Waals surface area contributed by atoms with Crippen molar-refractivity contribution in [1.29, 1.82) is 0 Å². The maximum absolute atomic E-state index is 13.0. The van der Waals surface area contributed by atoms with Gasteiger partial charge in [-0.2, -0.15) is 0 Å². The molecule has 0 aliphatic carbocycles. The maximum Gasteiger partial charge on any atom is 0.363 e. The molecule has 0 bridgehead atoms. The predicted octanol–water partition coefficient (Wildman–Crippen LogP) is 4.34. The Bertz CT molecular complexity index is 1150. The molecule has 0 saturated heterocycles. The van der Waals surface area contributed by atoms with E-state index in [0.717, 1.165) is 0 Å². The SMILES string of the molecule is O=C1OC(c2ccc(F)cc2)=N/C1=C/c1ccc(-c2cccc([N+](=O)[O-])c2)o1. The summed E-state index contributed by atoms with van der Waals surface area (Å²) in [5, 5.41) is 10.9. The van der Waals surface area contributed by atoms with Crippen LogP contribution in [0.5, 0.6) is 0 Å². The number of esters is 1. The Morgan fingerprint density at radius 1 is 1.04 bits per heavy atom. The van der Waals surface area contributed by atoms with Gasteiger partial charge >= 0.3 is 5.97 Å². The number of cyclic esters (lactones) is 1. The quantitative estimate of drug-likeness (QED) is 0.291. The third-order valence-corrected chi connectivity index (χ3v) is 3.96. The zero-order chi connectivity index (χ0) is 19.7. The lowest BCUT2D eigenvalue weighted by Gasteiger charge is -1.98. The van der Waals surface area contributed by atoms with Crippen LogP contribution in [-0.4, -0.2) is 16.8 Å². The van der Waals surface area contributed by atoms with Gasteiger partial charge in [0.15, 0.2) is 5.70 Å². The number of carbonyl (C=O) groups is 1. The zero-order valence-electron chi connectivity index (χ0n) is 14.2. The minimum atomic E-state index is -0.660. The maximum atomic E-state index is 13.0. The van der Waals surface area contributed by atoms with Gasteiger partial charge in [-0.1, -0.05) is 12.1 Å². The Labute approximate surface area is 157 Å². The summed E-state index contributed by atoms with van der Waals surface area (Å²) >= 11 is 0. The molecule has 0 N–H and O–H groups in total.